The SMILES string of the molecule is NC(C1=CCCCO1)c1cscn1. The van der Waals surface area contributed by atoms with Gasteiger partial charge in [0.15, 0.2) is 0 Å². The first-order chi connectivity index (χ1) is 6.38. The third kappa shape index (κ3) is 1.89. The van der Waals surface area contributed by atoms with E-state index in [1.807, 2.05) is 5.38 Å². The van der Waals surface area contributed by atoms with Gasteiger partial charge < -0.3 is 10.5 Å². The van der Waals surface area contributed by atoms with Gasteiger partial charge in [-0.15, -0.1) is 11.3 Å². The normalized spacial score (nSPS) is 19.0. The van der Waals surface area contributed by atoms with Gasteiger partial charge in [-0.05, 0) is 18.9 Å². The van der Waals surface area contributed by atoms with E-state index in [0.717, 1.165) is 30.9 Å². The number of thiazole rings is 1. The smallest absolute Gasteiger partial charge is 0.115 e. The molecule has 0 aromatic carbocycles. The van der Waals surface area contributed by atoms with E-state index >= 15 is 0 Å². The van der Waals surface area contributed by atoms with Gasteiger partial charge >= 0.3 is 0 Å². The van der Waals surface area contributed by atoms with Crippen molar-refractivity contribution in [2.75, 3.05) is 6.61 Å². The van der Waals surface area contributed by atoms with Crippen molar-refractivity contribution in [3.8, 4) is 0 Å². The third-order valence-corrected chi connectivity index (χ3v) is 2.64. The summed E-state index contributed by atoms with van der Waals surface area (Å²) in [6.07, 6.45) is 4.22. The Labute approximate surface area is 81.2 Å². The highest BCUT2D eigenvalue weighted by molar-refractivity contribution is 7.07. The van der Waals surface area contributed by atoms with Crippen molar-refractivity contribution in [3.05, 3.63) is 28.4 Å². The summed E-state index contributed by atoms with van der Waals surface area (Å²) in [5.41, 5.74) is 8.66. The van der Waals surface area contributed by atoms with Gasteiger partial charge in [-0.3, -0.25) is 0 Å². The summed E-state index contributed by atoms with van der Waals surface area (Å²) in [6.45, 7) is 0.781. The minimum Gasteiger partial charge on any atom is -0.496 e. The van der Waals surface area contributed by atoms with Crippen LogP contribution in [0.25, 0.3) is 0 Å². The monoisotopic (exact) mass is 196 g/mol. The summed E-state index contributed by atoms with van der Waals surface area (Å²) >= 11 is 1.56. The van der Waals surface area contributed by atoms with Crippen molar-refractivity contribution in [3.63, 3.8) is 0 Å². The van der Waals surface area contributed by atoms with Crippen molar-refractivity contribution >= 4 is 11.3 Å². The molecule has 0 saturated carbocycles. The summed E-state index contributed by atoms with van der Waals surface area (Å²) in [4.78, 5) is 4.16. The molecule has 1 aromatic heterocycles. The minimum atomic E-state index is -0.174. The molecular weight excluding hydrogens is 184 g/mol. The number of allylic oxidation sites excluding steroid dienone is 1. The Balaban J connectivity index is 2.12. The Morgan fingerprint density at radius 1 is 1.62 bits per heavy atom. The number of aromatic nitrogens is 1. The van der Waals surface area contributed by atoms with Crippen LogP contribution in [0.4, 0.5) is 0 Å². The topological polar surface area (TPSA) is 48.1 Å². The molecular formula is C9H12N2OS. The second kappa shape index (κ2) is 3.89. The predicted molar refractivity (Wildman–Crippen MR) is 52.3 cm³/mol. The van der Waals surface area contributed by atoms with Crippen LogP contribution in [0.3, 0.4) is 0 Å². The molecule has 4 heteroatoms. The zero-order valence-electron chi connectivity index (χ0n) is 7.27. The van der Waals surface area contributed by atoms with Crippen molar-refractivity contribution < 1.29 is 4.74 Å². The van der Waals surface area contributed by atoms with Crippen LogP contribution in [0.5, 0.6) is 0 Å². The van der Waals surface area contributed by atoms with Crippen molar-refractivity contribution in [1.82, 2.24) is 4.98 Å². The molecule has 0 spiro atoms. The molecule has 1 aliphatic rings. The molecule has 1 unspecified atom stereocenters. The predicted octanol–water partition coefficient (Wildman–Crippen LogP) is 1.84. The Morgan fingerprint density at radius 3 is 3.15 bits per heavy atom. The highest BCUT2D eigenvalue weighted by Crippen LogP contribution is 2.23. The van der Waals surface area contributed by atoms with Crippen LogP contribution in [0.15, 0.2) is 22.7 Å². The lowest BCUT2D eigenvalue weighted by Crippen LogP contribution is -2.18. The van der Waals surface area contributed by atoms with E-state index < -0.39 is 0 Å². The number of hydrogen-bond donors (Lipinski definition) is 1. The molecule has 1 aromatic rings. The number of ether oxygens (including phenoxy) is 1. The zero-order valence-corrected chi connectivity index (χ0v) is 8.09. The van der Waals surface area contributed by atoms with Crippen molar-refractivity contribution in [1.29, 1.82) is 0 Å². The molecule has 1 atom stereocenters. The Morgan fingerprint density at radius 2 is 2.54 bits per heavy atom. The molecule has 1 aliphatic heterocycles. The maximum atomic E-state index is 5.97. The Hall–Kier alpha value is -0.870. The number of nitrogens with zero attached hydrogens (tertiary/aromatic N) is 1. The van der Waals surface area contributed by atoms with Crippen LogP contribution in [0, 0.1) is 0 Å². The number of hydrogen-bond acceptors (Lipinski definition) is 4. The van der Waals surface area contributed by atoms with Gasteiger partial charge in [-0.25, -0.2) is 4.98 Å². The molecule has 70 valence electrons. The maximum Gasteiger partial charge on any atom is 0.115 e. The molecule has 2 heterocycles. The van der Waals surface area contributed by atoms with Crippen LogP contribution in [0.1, 0.15) is 24.6 Å². The minimum absolute atomic E-state index is 0.174. The molecule has 0 fully saturated rings. The first kappa shape index (κ1) is 8.72. The highest BCUT2D eigenvalue weighted by Gasteiger charge is 2.16. The van der Waals surface area contributed by atoms with Gasteiger partial charge in [0.2, 0.25) is 0 Å². The lowest BCUT2D eigenvalue weighted by Gasteiger charge is -2.19. The van der Waals surface area contributed by atoms with E-state index in [9.17, 15) is 0 Å². The number of nitrogens with two attached hydrogens (primary N) is 1. The van der Waals surface area contributed by atoms with Gasteiger partial charge in [0.1, 0.15) is 11.8 Å². The number of rotatable bonds is 2. The lowest BCUT2D eigenvalue weighted by molar-refractivity contribution is 0.175. The molecule has 2 N–H and O–H groups in total. The van der Waals surface area contributed by atoms with Crippen LogP contribution >= 0.6 is 11.3 Å². The summed E-state index contributed by atoms with van der Waals surface area (Å²) in [5.74, 6) is 0.872. The van der Waals surface area contributed by atoms with Crippen LogP contribution in [0.2, 0.25) is 0 Å². The fourth-order valence-corrected chi connectivity index (χ4v) is 1.90. The summed E-state index contributed by atoms with van der Waals surface area (Å²) in [5, 5.41) is 1.96. The highest BCUT2D eigenvalue weighted by atomic mass is 32.1. The van der Waals surface area contributed by atoms with Gasteiger partial charge in [0.25, 0.3) is 0 Å². The first-order valence-corrected chi connectivity index (χ1v) is 5.29. The van der Waals surface area contributed by atoms with Crippen LogP contribution < -0.4 is 5.73 Å². The fraction of sp³-hybridized carbons (Fsp3) is 0.444. The van der Waals surface area contributed by atoms with E-state index in [2.05, 4.69) is 11.1 Å². The zero-order chi connectivity index (χ0) is 9.10. The van der Waals surface area contributed by atoms with Crippen molar-refractivity contribution in [2.24, 2.45) is 5.73 Å². The van der Waals surface area contributed by atoms with Gasteiger partial charge in [-0.2, -0.15) is 0 Å². The Kier molecular flexibility index (Phi) is 2.61. The lowest BCUT2D eigenvalue weighted by atomic mass is 10.1. The molecule has 2 rings (SSSR count). The van der Waals surface area contributed by atoms with Gasteiger partial charge in [-0.1, -0.05) is 0 Å². The standard InChI is InChI=1S/C9H12N2OS/c10-9(7-5-13-6-11-7)8-3-1-2-4-12-8/h3,5-6,9H,1-2,4,10H2. The van der Waals surface area contributed by atoms with E-state index in [4.69, 9.17) is 10.5 Å². The largest absolute Gasteiger partial charge is 0.496 e. The average molecular weight is 196 g/mol. The molecule has 13 heavy (non-hydrogen) atoms. The van der Waals surface area contributed by atoms with E-state index in [1.54, 1.807) is 16.8 Å². The first-order valence-electron chi connectivity index (χ1n) is 4.34. The second-order valence-corrected chi connectivity index (χ2v) is 3.71. The van der Waals surface area contributed by atoms with Crippen LogP contribution in [-0.2, 0) is 4.74 Å². The molecule has 0 saturated heterocycles. The van der Waals surface area contributed by atoms with Crippen LogP contribution in [-0.4, -0.2) is 11.6 Å². The average Bonchev–Trinajstić information content (AvgIpc) is 2.71. The summed E-state index contributed by atoms with van der Waals surface area (Å²) in [6, 6.07) is -0.174. The molecule has 0 bridgehead atoms. The summed E-state index contributed by atoms with van der Waals surface area (Å²) < 4.78 is 5.46. The summed E-state index contributed by atoms with van der Waals surface area (Å²) in [7, 11) is 0. The van der Waals surface area contributed by atoms with Gasteiger partial charge in [0, 0.05) is 5.38 Å². The molecule has 3 nitrogen and oxygen atoms in total. The van der Waals surface area contributed by atoms with Gasteiger partial charge in [0.05, 0.1) is 17.8 Å². The molecule has 0 amide bonds. The third-order valence-electron chi connectivity index (χ3n) is 2.04. The second-order valence-electron chi connectivity index (χ2n) is 2.99. The molecule has 0 radical (unpaired) electrons. The molecule has 0 aliphatic carbocycles. The fourth-order valence-electron chi connectivity index (χ4n) is 1.31. The van der Waals surface area contributed by atoms with E-state index in [1.165, 1.54) is 0 Å². The quantitative estimate of drug-likeness (QED) is 0.785. The Bertz CT molecular complexity index is 295. The van der Waals surface area contributed by atoms with E-state index in [-0.39, 0.29) is 6.04 Å². The maximum absolute atomic E-state index is 5.97. The van der Waals surface area contributed by atoms with Crippen molar-refractivity contribution in [2.45, 2.75) is 18.9 Å². The van der Waals surface area contributed by atoms with E-state index in [0.29, 0.717) is 0 Å².